The number of hydrogen-bond acceptors (Lipinski definition) is 5. The summed E-state index contributed by atoms with van der Waals surface area (Å²) >= 11 is 1.81. The Morgan fingerprint density at radius 3 is 2.72 bits per heavy atom. The maximum Gasteiger partial charge on any atom is 0.171 e. The second-order valence-electron chi connectivity index (χ2n) is 4.33. The van der Waals surface area contributed by atoms with Crippen molar-refractivity contribution >= 4 is 23.0 Å². The molecule has 18 heavy (non-hydrogen) atoms. The molecule has 0 saturated heterocycles. The Bertz CT molecular complexity index is 507. The van der Waals surface area contributed by atoms with Crippen molar-refractivity contribution in [1.82, 2.24) is 9.97 Å². The number of aryl methyl sites for hydroxylation is 1. The number of thiophene rings is 1. The van der Waals surface area contributed by atoms with Crippen LogP contribution in [0.4, 0.5) is 11.6 Å². The Hall–Kier alpha value is -1.62. The van der Waals surface area contributed by atoms with Gasteiger partial charge >= 0.3 is 0 Å². The van der Waals surface area contributed by atoms with Gasteiger partial charge in [0.25, 0.3) is 0 Å². The number of rotatable bonds is 5. The molecule has 0 amide bonds. The van der Waals surface area contributed by atoms with Gasteiger partial charge in [0.2, 0.25) is 0 Å². The van der Waals surface area contributed by atoms with Crippen molar-refractivity contribution in [2.75, 3.05) is 30.9 Å². The van der Waals surface area contributed by atoms with Gasteiger partial charge in [0.15, 0.2) is 11.6 Å². The summed E-state index contributed by atoms with van der Waals surface area (Å²) in [6.45, 7) is 3.03. The second kappa shape index (κ2) is 5.82. The van der Waals surface area contributed by atoms with Crippen LogP contribution >= 0.6 is 11.3 Å². The van der Waals surface area contributed by atoms with E-state index in [9.17, 15) is 0 Å². The van der Waals surface area contributed by atoms with Crippen molar-refractivity contribution < 1.29 is 0 Å². The van der Waals surface area contributed by atoms with Crippen molar-refractivity contribution in [3.05, 3.63) is 34.3 Å². The number of aromatic nitrogens is 2. The lowest BCUT2D eigenvalue weighted by molar-refractivity contribution is 0.986. The standard InChI is InChI=1S/C13H18N4S/c1-10-5-9-18-11(10)4-6-14-12-13(17(2)3)16-8-7-15-12/h5,7-9H,4,6H2,1-3H3,(H,14,15). The van der Waals surface area contributed by atoms with Crippen molar-refractivity contribution in [1.29, 1.82) is 0 Å². The lowest BCUT2D eigenvalue weighted by atomic mass is 10.2. The lowest BCUT2D eigenvalue weighted by Gasteiger charge is -2.15. The van der Waals surface area contributed by atoms with Crippen molar-refractivity contribution in [2.24, 2.45) is 0 Å². The molecule has 0 aliphatic rings. The quantitative estimate of drug-likeness (QED) is 0.899. The number of anilines is 2. The van der Waals surface area contributed by atoms with Crippen LogP contribution in [0.25, 0.3) is 0 Å². The molecule has 2 aromatic heterocycles. The van der Waals surface area contributed by atoms with E-state index >= 15 is 0 Å². The van der Waals surface area contributed by atoms with E-state index in [0.29, 0.717) is 0 Å². The first-order valence-electron chi connectivity index (χ1n) is 5.93. The molecule has 0 radical (unpaired) electrons. The number of nitrogens with one attached hydrogen (secondary N) is 1. The van der Waals surface area contributed by atoms with E-state index in [1.54, 1.807) is 12.4 Å². The minimum absolute atomic E-state index is 0.844. The molecular formula is C13H18N4S. The van der Waals surface area contributed by atoms with E-state index in [2.05, 4.69) is 33.7 Å². The molecule has 96 valence electrons. The fourth-order valence-corrected chi connectivity index (χ4v) is 2.65. The fraction of sp³-hybridized carbons (Fsp3) is 0.385. The Kier molecular flexibility index (Phi) is 4.15. The maximum absolute atomic E-state index is 4.33. The number of hydrogen-bond donors (Lipinski definition) is 1. The third-order valence-electron chi connectivity index (χ3n) is 2.72. The summed E-state index contributed by atoms with van der Waals surface area (Å²) in [5.74, 6) is 1.72. The fourth-order valence-electron chi connectivity index (χ4n) is 1.74. The molecule has 5 heteroatoms. The predicted octanol–water partition coefficient (Wildman–Crippen LogP) is 2.57. The van der Waals surface area contributed by atoms with Gasteiger partial charge in [-0.1, -0.05) is 0 Å². The smallest absolute Gasteiger partial charge is 0.171 e. The van der Waals surface area contributed by atoms with Crippen LogP contribution in [-0.2, 0) is 6.42 Å². The predicted molar refractivity (Wildman–Crippen MR) is 77.6 cm³/mol. The van der Waals surface area contributed by atoms with Crippen molar-refractivity contribution in [2.45, 2.75) is 13.3 Å². The molecule has 0 bridgehead atoms. The molecule has 0 aromatic carbocycles. The highest BCUT2D eigenvalue weighted by Crippen LogP contribution is 2.19. The van der Waals surface area contributed by atoms with Crippen LogP contribution < -0.4 is 10.2 Å². The summed E-state index contributed by atoms with van der Waals surface area (Å²) in [6.07, 6.45) is 4.45. The van der Waals surface area contributed by atoms with Gasteiger partial charge in [-0.2, -0.15) is 0 Å². The third-order valence-corrected chi connectivity index (χ3v) is 3.80. The normalized spacial score (nSPS) is 10.4. The first-order chi connectivity index (χ1) is 8.68. The summed E-state index contributed by atoms with van der Waals surface area (Å²) in [6, 6.07) is 2.16. The highest BCUT2D eigenvalue weighted by Gasteiger charge is 2.06. The van der Waals surface area contributed by atoms with Crippen LogP contribution in [0, 0.1) is 6.92 Å². The van der Waals surface area contributed by atoms with Crippen LogP contribution in [0.15, 0.2) is 23.8 Å². The molecule has 0 fully saturated rings. The van der Waals surface area contributed by atoms with Gasteiger partial charge in [-0.25, -0.2) is 9.97 Å². The van der Waals surface area contributed by atoms with Crippen molar-refractivity contribution in [3.63, 3.8) is 0 Å². The van der Waals surface area contributed by atoms with E-state index in [1.165, 1.54) is 10.4 Å². The Morgan fingerprint density at radius 2 is 2.06 bits per heavy atom. The van der Waals surface area contributed by atoms with Gasteiger partial charge in [-0.05, 0) is 30.4 Å². The highest BCUT2D eigenvalue weighted by molar-refractivity contribution is 7.10. The molecule has 2 aromatic rings. The zero-order chi connectivity index (χ0) is 13.0. The monoisotopic (exact) mass is 262 g/mol. The first kappa shape index (κ1) is 12.8. The summed E-state index contributed by atoms with van der Waals surface area (Å²) < 4.78 is 0. The van der Waals surface area contributed by atoms with Gasteiger partial charge in [0.05, 0.1) is 0 Å². The Labute approximate surface area is 112 Å². The largest absolute Gasteiger partial charge is 0.367 e. The molecule has 0 atom stereocenters. The second-order valence-corrected chi connectivity index (χ2v) is 5.33. The molecule has 1 N–H and O–H groups in total. The van der Waals surface area contributed by atoms with Gasteiger partial charge in [-0.15, -0.1) is 11.3 Å². The highest BCUT2D eigenvalue weighted by atomic mass is 32.1. The first-order valence-corrected chi connectivity index (χ1v) is 6.81. The summed E-state index contributed by atoms with van der Waals surface area (Å²) in [5, 5.41) is 5.49. The van der Waals surface area contributed by atoms with E-state index < -0.39 is 0 Å². The van der Waals surface area contributed by atoms with Crippen LogP contribution in [0.1, 0.15) is 10.4 Å². The number of nitrogens with zero attached hydrogens (tertiary/aromatic N) is 3. The Morgan fingerprint density at radius 1 is 1.28 bits per heavy atom. The van der Waals surface area contributed by atoms with Gasteiger partial charge < -0.3 is 10.2 Å². The topological polar surface area (TPSA) is 41.1 Å². The van der Waals surface area contributed by atoms with Gasteiger partial charge in [-0.3, -0.25) is 0 Å². The van der Waals surface area contributed by atoms with E-state index in [-0.39, 0.29) is 0 Å². The summed E-state index contributed by atoms with van der Waals surface area (Å²) in [7, 11) is 3.94. The Balaban J connectivity index is 1.96. The SMILES string of the molecule is Cc1ccsc1CCNc1nccnc1N(C)C. The maximum atomic E-state index is 4.33. The summed E-state index contributed by atoms with van der Waals surface area (Å²) in [4.78, 5) is 12.0. The molecule has 0 aliphatic carbocycles. The van der Waals surface area contributed by atoms with Crippen LogP contribution in [0.5, 0.6) is 0 Å². The van der Waals surface area contributed by atoms with Crippen LogP contribution in [0.3, 0.4) is 0 Å². The zero-order valence-electron chi connectivity index (χ0n) is 11.0. The van der Waals surface area contributed by atoms with Gasteiger partial charge in [0.1, 0.15) is 0 Å². The molecule has 2 heterocycles. The van der Waals surface area contributed by atoms with Gasteiger partial charge in [0, 0.05) is 37.9 Å². The molecule has 0 aliphatic heterocycles. The minimum atomic E-state index is 0.844. The lowest BCUT2D eigenvalue weighted by Crippen LogP contribution is -2.16. The van der Waals surface area contributed by atoms with E-state index in [1.807, 2.05) is 30.3 Å². The molecule has 4 nitrogen and oxygen atoms in total. The average molecular weight is 262 g/mol. The average Bonchev–Trinajstić information content (AvgIpc) is 2.76. The molecular weight excluding hydrogens is 244 g/mol. The molecule has 2 rings (SSSR count). The van der Waals surface area contributed by atoms with Crippen LogP contribution in [0.2, 0.25) is 0 Å². The molecule has 0 saturated carbocycles. The zero-order valence-corrected chi connectivity index (χ0v) is 11.8. The molecule has 0 spiro atoms. The summed E-state index contributed by atoms with van der Waals surface area (Å²) in [5.41, 5.74) is 1.37. The van der Waals surface area contributed by atoms with Crippen molar-refractivity contribution in [3.8, 4) is 0 Å². The molecule has 0 unspecified atom stereocenters. The minimum Gasteiger partial charge on any atom is -0.367 e. The van der Waals surface area contributed by atoms with E-state index in [0.717, 1.165) is 24.6 Å². The van der Waals surface area contributed by atoms with Crippen LogP contribution in [-0.4, -0.2) is 30.6 Å². The third kappa shape index (κ3) is 2.98. The van der Waals surface area contributed by atoms with E-state index in [4.69, 9.17) is 0 Å².